The number of allylic oxidation sites excluding steroid dienone is 3. The second-order valence-corrected chi connectivity index (χ2v) is 4.99. The van der Waals surface area contributed by atoms with Gasteiger partial charge in [-0.15, -0.1) is 0 Å². The number of Topliss-reactive ketones (excluding diaryl/α,β-unsaturated/α-hetero) is 1. The predicted octanol–water partition coefficient (Wildman–Crippen LogP) is 3.15. The largest absolute Gasteiger partial charge is 0.445 e. The third-order valence-corrected chi connectivity index (χ3v) is 3.60. The first-order valence-electron chi connectivity index (χ1n) is 6.11. The molecule has 0 bridgehead atoms. The summed E-state index contributed by atoms with van der Waals surface area (Å²) in [4.78, 5) is 11.9. The lowest BCUT2D eigenvalue weighted by molar-refractivity contribution is -0.114. The molecule has 108 valence electrons. The number of benzene rings is 1. The van der Waals surface area contributed by atoms with Gasteiger partial charge in [0.25, 0.3) is 0 Å². The van der Waals surface area contributed by atoms with Gasteiger partial charge in [0, 0.05) is 16.2 Å². The Labute approximate surface area is 126 Å². The summed E-state index contributed by atoms with van der Waals surface area (Å²) in [6.07, 6.45) is 0. The summed E-state index contributed by atoms with van der Waals surface area (Å²) < 4.78 is 19.4. The van der Waals surface area contributed by atoms with E-state index >= 15 is 0 Å². The zero-order valence-electron chi connectivity index (χ0n) is 11.4. The minimum absolute atomic E-state index is 0.0298. The number of ketones is 1. The van der Waals surface area contributed by atoms with Gasteiger partial charge in [-0.3, -0.25) is 4.79 Å². The molecule has 0 aliphatic carbocycles. The van der Waals surface area contributed by atoms with Crippen molar-refractivity contribution in [2.75, 3.05) is 0 Å². The van der Waals surface area contributed by atoms with Crippen LogP contribution in [0.25, 0.3) is 0 Å². The highest BCUT2D eigenvalue weighted by molar-refractivity contribution is 6.31. The van der Waals surface area contributed by atoms with Crippen molar-refractivity contribution in [2.24, 2.45) is 5.73 Å². The van der Waals surface area contributed by atoms with Crippen molar-refractivity contribution >= 4 is 17.4 Å². The molecular formula is C15H12ClFN2O2. The van der Waals surface area contributed by atoms with E-state index in [1.807, 2.05) is 6.07 Å². The molecule has 0 fully saturated rings. The molecule has 1 aromatic carbocycles. The molecule has 0 saturated heterocycles. The molecule has 1 aliphatic heterocycles. The van der Waals surface area contributed by atoms with Crippen molar-refractivity contribution in [1.29, 1.82) is 5.26 Å². The SMILES string of the molecule is CC(=O)C1=C(C)OC(N)=C(C#N)[C@H]1c1c(F)cccc1Cl. The topological polar surface area (TPSA) is 76.1 Å². The van der Waals surface area contributed by atoms with Crippen LogP contribution in [0.15, 0.2) is 41.0 Å². The van der Waals surface area contributed by atoms with E-state index in [1.54, 1.807) is 6.92 Å². The van der Waals surface area contributed by atoms with Gasteiger partial charge in [-0.1, -0.05) is 17.7 Å². The van der Waals surface area contributed by atoms with E-state index in [9.17, 15) is 14.4 Å². The Bertz CT molecular complexity index is 711. The summed E-state index contributed by atoms with van der Waals surface area (Å²) in [5.41, 5.74) is 5.89. The highest BCUT2D eigenvalue weighted by atomic mass is 35.5. The molecule has 0 amide bonds. The first kappa shape index (κ1) is 15.1. The zero-order valence-corrected chi connectivity index (χ0v) is 12.2. The first-order valence-corrected chi connectivity index (χ1v) is 6.49. The van der Waals surface area contributed by atoms with E-state index in [0.717, 1.165) is 0 Å². The van der Waals surface area contributed by atoms with Crippen LogP contribution in [-0.4, -0.2) is 5.78 Å². The number of nitrogens with zero attached hydrogens (tertiary/aromatic N) is 1. The fraction of sp³-hybridized carbons (Fsp3) is 0.200. The number of carbonyl (C=O) groups excluding carboxylic acids is 1. The number of nitrogens with two attached hydrogens (primary N) is 1. The molecule has 1 atom stereocenters. The van der Waals surface area contributed by atoms with Gasteiger partial charge in [-0.2, -0.15) is 5.26 Å². The second-order valence-electron chi connectivity index (χ2n) is 4.59. The summed E-state index contributed by atoms with van der Waals surface area (Å²) in [6.45, 7) is 2.86. The van der Waals surface area contributed by atoms with Crippen molar-refractivity contribution in [3.63, 3.8) is 0 Å². The molecule has 0 unspecified atom stereocenters. The molecular weight excluding hydrogens is 295 g/mol. The van der Waals surface area contributed by atoms with E-state index in [2.05, 4.69) is 0 Å². The monoisotopic (exact) mass is 306 g/mol. The van der Waals surface area contributed by atoms with Gasteiger partial charge < -0.3 is 10.5 Å². The number of halogens is 2. The highest BCUT2D eigenvalue weighted by Crippen LogP contribution is 2.42. The van der Waals surface area contributed by atoms with Crippen LogP contribution in [0.4, 0.5) is 4.39 Å². The van der Waals surface area contributed by atoms with Crippen LogP contribution in [0.2, 0.25) is 5.02 Å². The van der Waals surface area contributed by atoms with Crippen LogP contribution in [-0.2, 0) is 9.53 Å². The van der Waals surface area contributed by atoms with Gasteiger partial charge in [0.1, 0.15) is 23.2 Å². The molecule has 4 nitrogen and oxygen atoms in total. The molecule has 0 aromatic heterocycles. The van der Waals surface area contributed by atoms with Crippen LogP contribution in [0.3, 0.4) is 0 Å². The number of carbonyl (C=O) groups is 1. The number of hydrogen-bond acceptors (Lipinski definition) is 4. The average molecular weight is 307 g/mol. The lowest BCUT2D eigenvalue weighted by Crippen LogP contribution is -2.24. The highest BCUT2D eigenvalue weighted by Gasteiger charge is 2.36. The second kappa shape index (κ2) is 5.58. The molecule has 21 heavy (non-hydrogen) atoms. The molecule has 1 aromatic rings. The van der Waals surface area contributed by atoms with Crippen molar-refractivity contribution in [1.82, 2.24) is 0 Å². The van der Waals surface area contributed by atoms with Gasteiger partial charge in [0.15, 0.2) is 5.78 Å². The van der Waals surface area contributed by atoms with Crippen LogP contribution in [0.1, 0.15) is 25.3 Å². The lowest BCUT2D eigenvalue weighted by atomic mass is 9.81. The number of rotatable bonds is 2. The normalized spacial score (nSPS) is 18.3. The maximum absolute atomic E-state index is 14.2. The lowest BCUT2D eigenvalue weighted by Gasteiger charge is -2.27. The van der Waals surface area contributed by atoms with E-state index in [1.165, 1.54) is 25.1 Å². The molecule has 1 heterocycles. The van der Waals surface area contributed by atoms with Crippen molar-refractivity contribution in [2.45, 2.75) is 19.8 Å². The van der Waals surface area contributed by atoms with Crippen molar-refractivity contribution < 1.29 is 13.9 Å². The number of hydrogen-bond donors (Lipinski definition) is 1. The average Bonchev–Trinajstić information content (AvgIpc) is 2.37. The van der Waals surface area contributed by atoms with Crippen LogP contribution in [0, 0.1) is 17.1 Å². The quantitative estimate of drug-likeness (QED) is 0.910. The van der Waals surface area contributed by atoms with E-state index < -0.39 is 11.7 Å². The Hall–Kier alpha value is -2.32. The molecule has 2 N–H and O–H groups in total. The van der Waals surface area contributed by atoms with Gasteiger partial charge in [0.2, 0.25) is 5.88 Å². The summed E-state index contributed by atoms with van der Waals surface area (Å²) >= 11 is 6.06. The van der Waals surface area contributed by atoms with Crippen molar-refractivity contribution in [3.05, 3.63) is 57.4 Å². The fourth-order valence-corrected chi connectivity index (χ4v) is 2.68. The summed E-state index contributed by atoms with van der Waals surface area (Å²) in [7, 11) is 0. The van der Waals surface area contributed by atoms with Gasteiger partial charge >= 0.3 is 0 Å². The van der Waals surface area contributed by atoms with Gasteiger partial charge in [-0.05, 0) is 26.0 Å². The zero-order chi connectivity index (χ0) is 15.7. The Kier molecular flexibility index (Phi) is 4.01. The van der Waals surface area contributed by atoms with Gasteiger partial charge in [0.05, 0.1) is 5.92 Å². The Morgan fingerprint density at radius 2 is 2.19 bits per heavy atom. The van der Waals surface area contributed by atoms with E-state index in [-0.39, 0.29) is 39.2 Å². The maximum Gasteiger partial charge on any atom is 0.205 e. The Morgan fingerprint density at radius 1 is 1.52 bits per heavy atom. The van der Waals surface area contributed by atoms with Crippen LogP contribution >= 0.6 is 11.6 Å². The van der Waals surface area contributed by atoms with Gasteiger partial charge in [-0.25, -0.2) is 4.39 Å². The smallest absolute Gasteiger partial charge is 0.205 e. The Morgan fingerprint density at radius 3 is 2.71 bits per heavy atom. The molecule has 0 spiro atoms. The molecule has 0 saturated carbocycles. The van der Waals surface area contributed by atoms with E-state index in [0.29, 0.717) is 0 Å². The predicted molar refractivity (Wildman–Crippen MR) is 75.4 cm³/mol. The fourth-order valence-electron chi connectivity index (χ4n) is 2.41. The van der Waals surface area contributed by atoms with Crippen LogP contribution in [0.5, 0.6) is 0 Å². The summed E-state index contributed by atoms with van der Waals surface area (Å²) in [6, 6.07) is 6.04. The summed E-state index contributed by atoms with van der Waals surface area (Å²) in [5.74, 6) is -1.82. The van der Waals surface area contributed by atoms with E-state index in [4.69, 9.17) is 22.1 Å². The molecule has 1 aliphatic rings. The number of nitriles is 1. The summed E-state index contributed by atoms with van der Waals surface area (Å²) in [5, 5.41) is 9.41. The maximum atomic E-state index is 14.2. The van der Waals surface area contributed by atoms with Crippen molar-refractivity contribution in [3.8, 4) is 6.07 Å². The minimum Gasteiger partial charge on any atom is -0.445 e. The first-order chi connectivity index (χ1) is 9.88. The minimum atomic E-state index is -0.963. The standard InChI is InChI=1S/C15H12ClFN2O2/c1-7(20)12-8(2)21-15(19)9(6-18)13(12)14-10(16)4-3-5-11(14)17/h3-5,13H,19H2,1-2H3/t13-/m1/s1. The third kappa shape index (κ3) is 2.50. The molecule has 2 rings (SSSR count). The van der Waals surface area contributed by atoms with Crippen LogP contribution < -0.4 is 5.73 Å². The Balaban J connectivity index is 2.79. The molecule has 6 heteroatoms. The number of ether oxygens (including phenoxy) is 1. The molecule has 0 radical (unpaired) electrons. The third-order valence-electron chi connectivity index (χ3n) is 3.27.